The van der Waals surface area contributed by atoms with Crippen LogP contribution >= 0.6 is 0 Å². The second kappa shape index (κ2) is 20.9. The number of nitrogen functional groups attached to an aromatic ring is 1. The third-order valence-electron chi connectivity index (χ3n) is 13.9. The normalized spacial score (nSPS) is 31.8. The molecule has 24 nitrogen and oxygen atoms in total. The highest BCUT2D eigenvalue weighted by Gasteiger charge is 2.50. The molecule has 0 aliphatic carbocycles. The highest BCUT2D eigenvalue weighted by molar-refractivity contribution is 6.24. The van der Waals surface area contributed by atoms with Crippen molar-refractivity contribution in [3.8, 4) is 23.0 Å². The van der Waals surface area contributed by atoms with E-state index in [1.54, 1.807) is 33.8 Å². The van der Waals surface area contributed by atoms with E-state index < -0.39 is 142 Å². The molecule has 0 saturated carbocycles. The van der Waals surface area contributed by atoms with Crippen LogP contribution in [0.2, 0.25) is 0 Å². The maximum Gasteiger partial charge on any atom is 0.312 e. The molecule has 2 aromatic heterocycles. The highest BCUT2D eigenvalue weighted by atomic mass is 16.7. The number of nitrogens with zero attached hydrogens (tertiary/aromatic N) is 6. The summed E-state index contributed by atoms with van der Waals surface area (Å²) in [5.41, 5.74) is 4.99. The molecule has 1 saturated heterocycles. The van der Waals surface area contributed by atoms with Crippen LogP contribution in [-0.2, 0) is 28.5 Å². The predicted molar refractivity (Wildman–Crippen MR) is 263 cm³/mol. The van der Waals surface area contributed by atoms with Gasteiger partial charge >= 0.3 is 11.8 Å². The standard InChI is InChI=1S/C49H62N8O16/c1-19-12-11-13-20(2)46(68)54-32-26(16-53-56(9)48-55-33-44(50)51-18-52-45(33)57(48)47-40(66)38(64)28(17-58)72-47)37(63)29-30(39(32)65)36(62)24(6)42-31(29)43(67)49(8,73-42)70-15-14-27(69-10)21(3)41(71-25(7)59)23(5)35(61)22(4)34(19)60/h11-16,18-19,21-23,27-28,34-35,38,40-41,47,58,60-66H,17H2,1-10H3,(H,54,68)(H2,50,51,52)/b12-11+,15-14+,20-13+,53-16-. The SMILES string of the molecule is COC1/C=C/OC2(C)Oc3c(C)c(O)c4c(O)c(c(/C=N\N(C)c5nc6c(N)ncnc6n5C5OC(CO)C(O)C5O)c(O)c4c3C2=O)NC(=O)/C(C)=C/C=C/C(C)C(O)C(C)C(O)C(C)C(OC(C)=O)C1C. The summed E-state index contributed by atoms with van der Waals surface area (Å²) < 4.78 is 30.8. The molecule has 11 N–H and O–H groups in total. The Labute approximate surface area is 418 Å². The van der Waals surface area contributed by atoms with Gasteiger partial charge in [0.05, 0.1) is 59.6 Å². The number of aliphatic hydroxyl groups excluding tert-OH is 5. The molecule has 4 aliphatic rings. The van der Waals surface area contributed by atoms with Gasteiger partial charge in [-0.25, -0.2) is 20.0 Å². The number of carbonyl (C=O) groups excluding carboxylic acids is 3. The van der Waals surface area contributed by atoms with Crippen molar-refractivity contribution in [1.29, 1.82) is 0 Å². The van der Waals surface area contributed by atoms with Crippen LogP contribution in [0.25, 0.3) is 21.9 Å². The summed E-state index contributed by atoms with van der Waals surface area (Å²) in [5.74, 6) is -9.96. The van der Waals surface area contributed by atoms with Crippen molar-refractivity contribution in [2.24, 2.45) is 28.8 Å². The van der Waals surface area contributed by atoms with E-state index >= 15 is 0 Å². The lowest BCUT2D eigenvalue weighted by molar-refractivity contribution is -0.160. The van der Waals surface area contributed by atoms with Crippen molar-refractivity contribution < 1.29 is 78.9 Å². The van der Waals surface area contributed by atoms with Gasteiger partial charge in [-0.2, -0.15) is 5.10 Å². The number of fused-ring (bicyclic) bond motifs is 15. The summed E-state index contributed by atoms with van der Waals surface area (Å²) in [6.07, 6.45) is -0.703. The van der Waals surface area contributed by atoms with Crippen LogP contribution in [0, 0.1) is 30.6 Å². The first-order valence-electron chi connectivity index (χ1n) is 23.4. The van der Waals surface area contributed by atoms with Crippen molar-refractivity contribution in [3.05, 3.63) is 59.2 Å². The number of aromatic nitrogens is 4. The van der Waals surface area contributed by atoms with Gasteiger partial charge in [0.2, 0.25) is 5.95 Å². The summed E-state index contributed by atoms with van der Waals surface area (Å²) in [6.45, 7) is 11.5. The molecule has 1 amide bonds. The van der Waals surface area contributed by atoms with Gasteiger partial charge in [-0.05, 0) is 19.9 Å². The molecule has 394 valence electrons. The zero-order chi connectivity index (χ0) is 53.7. The molecule has 4 aliphatic heterocycles. The number of Topliss-reactive ketones (excluding diaryl/α,β-unsaturated/α-hetero) is 1. The van der Waals surface area contributed by atoms with E-state index in [1.165, 1.54) is 64.6 Å². The molecular weight excluding hydrogens is 957 g/mol. The first kappa shape index (κ1) is 53.9. The number of hydrogen-bond donors (Lipinski definition) is 10. The number of allylic oxidation sites excluding steroid dienone is 2. The monoisotopic (exact) mass is 1020 g/mol. The Balaban J connectivity index is 1.41. The zero-order valence-corrected chi connectivity index (χ0v) is 41.8. The van der Waals surface area contributed by atoms with Crippen LogP contribution in [-0.4, -0.2) is 154 Å². The van der Waals surface area contributed by atoms with Crippen LogP contribution in [0.4, 0.5) is 17.5 Å². The molecule has 4 aromatic rings. The van der Waals surface area contributed by atoms with Gasteiger partial charge in [-0.15, -0.1) is 0 Å². The molecule has 73 heavy (non-hydrogen) atoms. The van der Waals surface area contributed by atoms with Crippen molar-refractivity contribution in [2.75, 3.05) is 36.8 Å². The van der Waals surface area contributed by atoms with Crippen molar-refractivity contribution in [3.63, 3.8) is 0 Å². The van der Waals surface area contributed by atoms with E-state index in [0.717, 1.165) is 23.8 Å². The fraction of sp³-hybridized carbons (Fsp3) is 0.490. The van der Waals surface area contributed by atoms with E-state index in [1.807, 2.05) is 0 Å². The number of methoxy groups -OCH3 is 1. The minimum atomic E-state index is -2.18. The van der Waals surface area contributed by atoms with Gasteiger partial charge in [-0.1, -0.05) is 45.9 Å². The number of amides is 1. The number of imidazole rings is 1. The van der Waals surface area contributed by atoms with Crippen LogP contribution in [0.3, 0.4) is 0 Å². The molecule has 0 radical (unpaired) electrons. The van der Waals surface area contributed by atoms with E-state index in [9.17, 15) is 55.2 Å². The Kier molecular flexibility index (Phi) is 15.4. The highest BCUT2D eigenvalue weighted by Crippen LogP contribution is 2.55. The maximum atomic E-state index is 14.7. The lowest BCUT2D eigenvalue weighted by atomic mass is 9.78. The Morgan fingerprint density at radius 2 is 1.67 bits per heavy atom. The van der Waals surface area contributed by atoms with Gasteiger partial charge in [0.25, 0.3) is 11.7 Å². The molecule has 0 spiro atoms. The number of ether oxygens (including phenoxy) is 5. The van der Waals surface area contributed by atoms with Crippen LogP contribution < -0.4 is 20.8 Å². The number of benzene rings is 2. The van der Waals surface area contributed by atoms with Crippen molar-refractivity contribution >= 4 is 63.3 Å². The molecule has 6 heterocycles. The number of rotatable bonds is 7. The first-order valence-corrected chi connectivity index (χ1v) is 23.4. The molecular formula is C49H62N8O16. The third kappa shape index (κ3) is 9.62. The van der Waals surface area contributed by atoms with Gasteiger partial charge < -0.3 is 75.6 Å². The molecule has 2 aromatic carbocycles. The Bertz CT molecular complexity index is 2940. The number of nitrogens with two attached hydrogens (primary N) is 1. The minimum Gasteiger partial charge on any atom is -0.507 e. The average molecular weight is 1020 g/mol. The predicted octanol–water partition coefficient (Wildman–Crippen LogP) is 2.56. The number of phenolic OH excluding ortho intramolecular Hbond substituents is 3. The number of esters is 1. The van der Waals surface area contributed by atoms with Crippen LogP contribution in [0.15, 0.2) is 47.6 Å². The fourth-order valence-corrected chi connectivity index (χ4v) is 9.54. The molecule has 13 atom stereocenters. The van der Waals surface area contributed by atoms with Gasteiger partial charge in [0.15, 0.2) is 29.0 Å². The Hall–Kier alpha value is -6.93. The average Bonchev–Trinajstić information content (AvgIpc) is 3.98. The summed E-state index contributed by atoms with van der Waals surface area (Å²) in [5, 5.41) is 98.4. The Morgan fingerprint density at radius 1 is 0.973 bits per heavy atom. The zero-order valence-electron chi connectivity index (χ0n) is 41.8. The van der Waals surface area contributed by atoms with E-state index in [2.05, 4.69) is 25.4 Å². The molecule has 13 unspecified atom stereocenters. The van der Waals surface area contributed by atoms with Crippen LogP contribution in [0.5, 0.6) is 23.0 Å². The Morgan fingerprint density at radius 3 is 2.32 bits per heavy atom. The number of hydrogen-bond acceptors (Lipinski definition) is 22. The number of nitrogens with one attached hydrogen (secondary N) is 1. The smallest absolute Gasteiger partial charge is 0.312 e. The number of aliphatic hydroxyl groups is 5. The second-order valence-electron chi connectivity index (χ2n) is 18.8. The number of aromatic hydroxyl groups is 3. The number of hydrazone groups is 1. The lowest BCUT2D eigenvalue weighted by Gasteiger charge is -2.38. The molecule has 8 rings (SSSR count). The summed E-state index contributed by atoms with van der Waals surface area (Å²) >= 11 is 0. The minimum absolute atomic E-state index is 0.0278. The second-order valence-corrected chi connectivity index (χ2v) is 18.8. The van der Waals surface area contributed by atoms with Crippen molar-refractivity contribution in [2.45, 2.75) is 110 Å². The number of ketones is 1. The maximum absolute atomic E-state index is 14.7. The number of phenols is 3. The van der Waals surface area contributed by atoms with E-state index in [0.29, 0.717) is 0 Å². The topological polar surface area (TPSA) is 356 Å². The molecule has 5 bridgehead atoms. The summed E-state index contributed by atoms with van der Waals surface area (Å²) in [4.78, 5) is 54.0. The van der Waals surface area contributed by atoms with Gasteiger partial charge in [0, 0.05) is 68.2 Å². The number of carbonyl (C=O) groups is 3. The molecule has 1 fully saturated rings. The summed E-state index contributed by atoms with van der Waals surface area (Å²) in [7, 11) is 2.78. The number of anilines is 3. The third-order valence-corrected chi connectivity index (χ3v) is 13.9. The molecule has 24 heteroatoms. The van der Waals surface area contributed by atoms with Crippen molar-refractivity contribution in [1.82, 2.24) is 19.5 Å². The largest absolute Gasteiger partial charge is 0.507 e. The van der Waals surface area contributed by atoms with Gasteiger partial charge in [-0.3, -0.25) is 19.0 Å². The van der Waals surface area contributed by atoms with Gasteiger partial charge in [0.1, 0.15) is 48.0 Å². The lowest BCUT2D eigenvalue weighted by Crippen LogP contribution is -2.46. The summed E-state index contributed by atoms with van der Waals surface area (Å²) in [6, 6.07) is 0. The quantitative estimate of drug-likeness (QED) is 0.0418. The first-order chi connectivity index (χ1) is 34.4. The van der Waals surface area contributed by atoms with Crippen LogP contribution in [0.1, 0.15) is 76.2 Å². The van der Waals surface area contributed by atoms with E-state index in [4.69, 9.17) is 29.4 Å². The fourth-order valence-electron chi connectivity index (χ4n) is 9.54. The van der Waals surface area contributed by atoms with E-state index in [-0.39, 0.29) is 45.4 Å².